The van der Waals surface area contributed by atoms with Crippen molar-refractivity contribution in [3.05, 3.63) is 58.3 Å². The molecule has 2 heterocycles. The highest BCUT2D eigenvalue weighted by atomic mass is 32.1. The molecule has 0 saturated carbocycles. The second kappa shape index (κ2) is 7.56. The molecule has 0 spiro atoms. The van der Waals surface area contributed by atoms with Gasteiger partial charge in [-0.1, -0.05) is 36.4 Å². The summed E-state index contributed by atoms with van der Waals surface area (Å²) in [5.41, 5.74) is 1.19. The lowest BCUT2D eigenvalue weighted by Gasteiger charge is -2.25. The van der Waals surface area contributed by atoms with Gasteiger partial charge in [-0.2, -0.15) is 0 Å². The Morgan fingerprint density at radius 2 is 1.91 bits per heavy atom. The summed E-state index contributed by atoms with van der Waals surface area (Å²) >= 11 is 1.64. The molecular weight excluding hydrogens is 292 g/mol. The van der Waals surface area contributed by atoms with Gasteiger partial charge in [0.1, 0.15) is 0 Å². The Bertz CT molecular complexity index is 576. The maximum Gasteiger partial charge on any atom is 0.225 e. The standard InChI is InChI=1S/C18H22N2OS/c21-18(13-16-9-6-12-22-16)19-17(14-20-10-4-5-11-20)15-7-2-1-3-8-15/h1-3,6-9,12,17H,4-5,10-11,13-14H2,(H,19,21). The molecule has 0 bridgehead atoms. The zero-order valence-electron chi connectivity index (χ0n) is 12.7. The second-order valence-corrected chi connectivity index (χ2v) is 6.83. The summed E-state index contributed by atoms with van der Waals surface area (Å²) in [7, 11) is 0. The van der Waals surface area contributed by atoms with E-state index in [1.54, 1.807) is 11.3 Å². The van der Waals surface area contributed by atoms with Crippen LogP contribution in [0.15, 0.2) is 47.8 Å². The second-order valence-electron chi connectivity index (χ2n) is 5.79. The average Bonchev–Trinajstić information content (AvgIpc) is 3.21. The number of amides is 1. The number of likely N-dealkylation sites (tertiary alicyclic amines) is 1. The van der Waals surface area contributed by atoms with Gasteiger partial charge in [0.05, 0.1) is 12.5 Å². The number of benzene rings is 1. The topological polar surface area (TPSA) is 32.3 Å². The lowest BCUT2D eigenvalue weighted by Crippen LogP contribution is -2.37. The van der Waals surface area contributed by atoms with Crippen molar-refractivity contribution in [3.8, 4) is 0 Å². The molecule has 0 aliphatic carbocycles. The van der Waals surface area contributed by atoms with Crippen molar-refractivity contribution in [1.29, 1.82) is 0 Å². The van der Waals surface area contributed by atoms with Gasteiger partial charge in [-0.3, -0.25) is 4.79 Å². The summed E-state index contributed by atoms with van der Waals surface area (Å²) in [6, 6.07) is 14.4. The molecule has 1 aromatic carbocycles. The Labute approximate surface area is 136 Å². The first-order chi connectivity index (χ1) is 10.8. The summed E-state index contributed by atoms with van der Waals surface area (Å²) in [5, 5.41) is 5.24. The van der Waals surface area contributed by atoms with Crippen LogP contribution in [0.3, 0.4) is 0 Å². The minimum Gasteiger partial charge on any atom is -0.348 e. The lowest BCUT2D eigenvalue weighted by molar-refractivity contribution is -0.121. The van der Waals surface area contributed by atoms with E-state index < -0.39 is 0 Å². The molecule has 1 N–H and O–H groups in total. The van der Waals surface area contributed by atoms with Crippen LogP contribution in [0.5, 0.6) is 0 Å². The first-order valence-corrected chi connectivity index (χ1v) is 8.78. The molecule has 0 radical (unpaired) electrons. The van der Waals surface area contributed by atoms with Gasteiger partial charge in [0, 0.05) is 11.4 Å². The SMILES string of the molecule is O=C(Cc1cccs1)NC(CN1CCCC1)c1ccccc1. The van der Waals surface area contributed by atoms with E-state index in [2.05, 4.69) is 22.3 Å². The molecule has 1 aliphatic heterocycles. The fraction of sp³-hybridized carbons (Fsp3) is 0.389. The van der Waals surface area contributed by atoms with E-state index in [0.717, 1.165) is 24.5 Å². The highest BCUT2D eigenvalue weighted by Gasteiger charge is 2.20. The highest BCUT2D eigenvalue weighted by Crippen LogP contribution is 2.18. The quantitative estimate of drug-likeness (QED) is 0.888. The number of thiophene rings is 1. The molecule has 1 unspecified atom stereocenters. The average molecular weight is 314 g/mol. The Balaban J connectivity index is 1.66. The summed E-state index contributed by atoms with van der Waals surface area (Å²) < 4.78 is 0. The van der Waals surface area contributed by atoms with Gasteiger partial charge in [-0.15, -0.1) is 11.3 Å². The van der Waals surface area contributed by atoms with Crippen LogP contribution in [0.2, 0.25) is 0 Å². The summed E-state index contributed by atoms with van der Waals surface area (Å²) in [6.07, 6.45) is 3.01. The fourth-order valence-electron chi connectivity index (χ4n) is 2.96. The first-order valence-electron chi connectivity index (χ1n) is 7.90. The van der Waals surface area contributed by atoms with E-state index in [9.17, 15) is 4.79 Å². The Morgan fingerprint density at radius 3 is 2.59 bits per heavy atom. The van der Waals surface area contributed by atoms with Gasteiger partial charge >= 0.3 is 0 Å². The van der Waals surface area contributed by atoms with Crippen LogP contribution in [-0.4, -0.2) is 30.4 Å². The van der Waals surface area contributed by atoms with Crippen LogP contribution in [0, 0.1) is 0 Å². The fourth-order valence-corrected chi connectivity index (χ4v) is 3.66. The third kappa shape index (κ3) is 4.18. The number of carbonyl (C=O) groups excluding carboxylic acids is 1. The van der Waals surface area contributed by atoms with E-state index in [-0.39, 0.29) is 11.9 Å². The maximum atomic E-state index is 12.3. The Hall–Kier alpha value is -1.65. The van der Waals surface area contributed by atoms with Crippen molar-refractivity contribution < 1.29 is 4.79 Å². The molecule has 1 aliphatic rings. The minimum atomic E-state index is 0.0757. The summed E-state index contributed by atoms with van der Waals surface area (Å²) in [4.78, 5) is 15.9. The van der Waals surface area contributed by atoms with Gasteiger partial charge in [-0.05, 0) is 42.9 Å². The molecule has 3 nitrogen and oxygen atoms in total. The van der Waals surface area contributed by atoms with Crippen LogP contribution >= 0.6 is 11.3 Å². The number of hydrogen-bond donors (Lipinski definition) is 1. The van der Waals surface area contributed by atoms with Crippen LogP contribution in [0.4, 0.5) is 0 Å². The predicted octanol–water partition coefficient (Wildman–Crippen LogP) is 3.24. The number of carbonyl (C=O) groups is 1. The summed E-state index contributed by atoms with van der Waals surface area (Å²) in [5.74, 6) is 0.107. The monoisotopic (exact) mass is 314 g/mol. The van der Waals surface area contributed by atoms with Crippen LogP contribution < -0.4 is 5.32 Å². The Morgan fingerprint density at radius 1 is 1.14 bits per heavy atom. The van der Waals surface area contributed by atoms with E-state index >= 15 is 0 Å². The van der Waals surface area contributed by atoms with Gasteiger partial charge in [-0.25, -0.2) is 0 Å². The zero-order chi connectivity index (χ0) is 15.2. The molecule has 1 amide bonds. The summed E-state index contributed by atoms with van der Waals surface area (Å²) in [6.45, 7) is 3.19. The molecular formula is C18H22N2OS. The molecule has 4 heteroatoms. The van der Waals surface area contributed by atoms with Gasteiger partial charge in [0.2, 0.25) is 5.91 Å². The largest absolute Gasteiger partial charge is 0.348 e. The van der Waals surface area contributed by atoms with E-state index in [1.807, 2.05) is 35.7 Å². The van der Waals surface area contributed by atoms with E-state index in [1.165, 1.54) is 18.4 Å². The van der Waals surface area contributed by atoms with Crippen molar-refractivity contribution in [2.75, 3.05) is 19.6 Å². The third-order valence-electron chi connectivity index (χ3n) is 4.09. The number of nitrogens with zero attached hydrogens (tertiary/aromatic N) is 1. The smallest absolute Gasteiger partial charge is 0.225 e. The van der Waals surface area contributed by atoms with Gasteiger partial charge in [0.15, 0.2) is 0 Å². The molecule has 1 fully saturated rings. The number of nitrogens with one attached hydrogen (secondary N) is 1. The van der Waals surface area contributed by atoms with Crippen LogP contribution in [0.1, 0.15) is 29.3 Å². The molecule has 2 aromatic rings. The van der Waals surface area contributed by atoms with Crippen molar-refractivity contribution in [3.63, 3.8) is 0 Å². The van der Waals surface area contributed by atoms with Crippen molar-refractivity contribution in [1.82, 2.24) is 10.2 Å². The molecule has 3 rings (SSSR count). The zero-order valence-corrected chi connectivity index (χ0v) is 13.5. The third-order valence-corrected chi connectivity index (χ3v) is 4.97. The number of rotatable bonds is 6. The highest BCUT2D eigenvalue weighted by molar-refractivity contribution is 7.10. The predicted molar refractivity (Wildman–Crippen MR) is 91.0 cm³/mol. The molecule has 1 saturated heterocycles. The first kappa shape index (κ1) is 15.3. The molecule has 22 heavy (non-hydrogen) atoms. The van der Waals surface area contributed by atoms with Crippen molar-refractivity contribution in [2.24, 2.45) is 0 Å². The molecule has 1 aromatic heterocycles. The van der Waals surface area contributed by atoms with Gasteiger partial charge in [0.25, 0.3) is 0 Å². The van der Waals surface area contributed by atoms with Crippen LogP contribution in [0.25, 0.3) is 0 Å². The number of hydrogen-bond acceptors (Lipinski definition) is 3. The molecule has 116 valence electrons. The van der Waals surface area contributed by atoms with Crippen LogP contribution in [-0.2, 0) is 11.2 Å². The van der Waals surface area contributed by atoms with E-state index in [0.29, 0.717) is 6.42 Å². The minimum absolute atomic E-state index is 0.0757. The van der Waals surface area contributed by atoms with E-state index in [4.69, 9.17) is 0 Å². The van der Waals surface area contributed by atoms with Gasteiger partial charge < -0.3 is 10.2 Å². The lowest BCUT2D eigenvalue weighted by atomic mass is 10.1. The maximum absolute atomic E-state index is 12.3. The van der Waals surface area contributed by atoms with Crippen molar-refractivity contribution in [2.45, 2.75) is 25.3 Å². The Kier molecular flexibility index (Phi) is 5.24. The molecule has 1 atom stereocenters. The van der Waals surface area contributed by atoms with Crippen molar-refractivity contribution >= 4 is 17.2 Å². The normalized spacial score (nSPS) is 16.5.